The van der Waals surface area contributed by atoms with Crippen molar-refractivity contribution in [1.82, 2.24) is 0 Å². The van der Waals surface area contributed by atoms with Gasteiger partial charge in [-0.25, -0.2) is 0 Å². The second-order valence-corrected chi connectivity index (χ2v) is 6.14. The monoisotopic (exact) mass is 348 g/mol. The van der Waals surface area contributed by atoms with Crippen LogP contribution >= 0.6 is 15.9 Å². The van der Waals surface area contributed by atoms with Crippen molar-refractivity contribution in [3.05, 3.63) is 58.1 Å². The number of hydrogen-bond acceptors (Lipinski definition) is 3. The van der Waals surface area contributed by atoms with Gasteiger partial charge in [-0.2, -0.15) is 0 Å². The normalized spacial score (nSPS) is 18.0. The highest BCUT2D eigenvalue weighted by atomic mass is 79.9. The van der Waals surface area contributed by atoms with E-state index in [1.165, 1.54) is 5.56 Å². The zero-order chi connectivity index (χ0) is 14.8. The molecule has 2 aromatic rings. The van der Waals surface area contributed by atoms with Crippen LogP contribution in [0.2, 0.25) is 0 Å². The first-order valence-electron chi connectivity index (χ1n) is 6.98. The molecule has 1 N–H and O–H groups in total. The van der Waals surface area contributed by atoms with E-state index >= 15 is 0 Å². The molecule has 2 atom stereocenters. The Morgan fingerprint density at radius 1 is 1.33 bits per heavy atom. The van der Waals surface area contributed by atoms with Gasteiger partial charge in [-0.15, -0.1) is 0 Å². The van der Waals surface area contributed by atoms with Gasteiger partial charge in [0.2, 0.25) is 0 Å². The van der Waals surface area contributed by atoms with Crippen LogP contribution < -0.4 is 9.47 Å². The van der Waals surface area contributed by atoms with Gasteiger partial charge in [0.15, 0.2) is 0 Å². The van der Waals surface area contributed by atoms with E-state index in [-0.39, 0.29) is 6.10 Å². The summed E-state index contributed by atoms with van der Waals surface area (Å²) < 4.78 is 12.6. The molecule has 0 radical (unpaired) electrons. The number of benzene rings is 2. The number of rotatable bonds is 4. The van der Waals surface area contributed by atoms with Gasteiger partial charge in [0, 0.05) is 16.5 Å². The summed E-state index contributed by atoms with van der Waals surface area (Å²) in [5, 5.41) is 9.83. The third-order valence-electron chi connectivity index (χ3n) is 3.56. The van der Waals surface area contributed by atoms with Crippen molar-refractivity contribution in [2.75, 3.05) is 6.61 Å². The van der Waals surface area contributed by atoms with Crippen molar-refractivity contribution < 1.29 is 14.6 Å². The third-order valence-corrected chi connectivity index (χ3v) is 4.05. The fourth-order valence-electron chi connectivity index (χ4n) is 2.51. The lowest BCUT2D eigenvalue weighted by atomic mass is 10.1. The minimum absolute atomic E-state index is 0.0212. The molecule has 0 spiro atoms. The second-order valence-electron chi connectivity index (χ2n) is 5.22. The Balaban J connectivity index is 1.67. The Bertz CT molecular complexity index is 615. The predicted octanol–water partition coefficient (Wildman–Crippen LogP) is 3.88. The summed E-state index contributed by atoms with van der Waals surface area (Å²) in [6, 6.07) is 13.7. The lowest BCUT2D eigenvalue weighted by Crippen LogP contribution is -2.22. The van der Waals surface area contributed by atoms with Gasteiger partial charge in [0.1, 0.15) is 24.2 Å². The molecular formula is C17H17BrO3. The lowest BCUT2D eigenvalue weighted by molar-refractivity contribution is 0.141. The fourth-order valence-corrected chi connectivity index (χ4v) is 2.89. The molecule has 0 fully saturated rings. The van der Waals surface area contributed by atoms with E-state index < -0.39 is 6.10 Å². The lowest BCUT2D eigenvalue weighted by Gasteiger charge is -2.16. The Hall–Kier alpha value is -1.52. The van der Waals surface area contributed by atoms with Crippen molar-refractivity contribution in [2.24, 2.45) is 0 Å². The van der Waals surface area contributed by atoms with Gasteiger partial charge >= 0.3 is 0 Å². The molecule has 1 aliphatic heterocycles. The van der Waals surface area contributed by atoms with Crippen LogP contribution in [0, 0.1) is 0 Å². The Kier molecular flexibility index (Phi) is 4.17. The van der Waals surface area contributed by atoms with Crippen LogP contribution in [0.15, 0.2) is 46.9 Å². The molecule has 0 saturated heterocycles. The minimum Gasteiger partial charge on any atom is -0.489 e. The topological polar surface area (TPSA) is 38.7 Å². The molecule has 0 amide bonds. The molecule has 3 nitrogen and oxygen atoms in total. The third kappa shape index (κ3) is 3.22. The van der Waals surface area contributed by atoms with Crippen molar-refractivity contribution in [2.45, 2.75) is 25.6 Å². The number of fused-ring (bicyclic) bond motifs is 1. The highest BCUT2D eigenvalue weighted by Gasteiger charge is 2.23. The van der Waals surface area contributed by atoms with E-state index in [2.05, 4.69) is 22.0 Å². The van der Waals surface area contributed by atoms with Gasteiger partial charge < -0.3 is 14.6 Å². The van der Waals surface area contributed by atoms with Crippen LogP contribution in [-0.4, -0.2) is 17.8 Å². The summed E-state index contributed by atoms with van der Waals surface area (Å²) in [4.78, 5) is 0. The zero-order valence-corrected chi connectivity index (χ0v) is 13.3. The maximum Gasteiger partial charge on any atom is 0.137 e. The van der Waals surface area contributed by atoms with Gasteiger partial charge in [-0.3, -0.25) is 0 Å². The number of ether oxygens (including phenoxy) is 2. The first-order chi connectivity index (χ1) is 10.1. The second kappa shape index (κ2) is 6.08. The number of hydrogen-bond donors (Lipinski definition) is 1. The van der Waals surface area contributed by atoms with Crippen molar-refractivity contribution >= 4 is 15.9 Å². The quantitative estimate of drug-likeness (QED) is 0.910. The van der Waals surface area contributed by atoms with E-state index in [1.807, 2.05) is 36.4 Å². The molecule has 0 aliphatic carbocycles. The average molecular weight is 349 g/mol. The largest absolute Gasteiger partial charge is 0.489 e. The summed E-state index contributed by atoms with van der Waals surface area (Å²) >= 11 is 3.41. The van der Waals surface area contributed by atoms with Crippen molar-refractivity contribution in [3.63, 3.8) is 0 Å². The first kappa shape index (κ1) is 14.4. The van der Waals surface area contributed by atoms with Crippen LogP contribution in [-0.2, 0) is 6.42 Å². The highest BCUT2D eigenvalue weighted by molar-refractivity contribution is 9.10. The van der Waals surface area contributed by atoms with E-state index in [1.54, 1.807) is 6.92 Å². The van der Waals surface area contributed by atoms with Gasteiger partial charge in [0.05, 0.1) is 6.10 Å². The Morgan fingerprint density at radius 3 is 2.90 bits per heavy atom. The number of para-hydroxylation sites is 1. The molecular weight excluding hydrogens is 332 g/mol. The van der Waals surface area contributed by atoms with Crippen LogP contribution in [0.25, 0.3) is 0 Å². The fraction of sp³-hybridized carbons (Fsp3) is 0.294. The van der Waals surface area contributed by atoms with Crippen LogP contribution in [0.3, 0.4) is 0 Å². The van der Waals surface area contributed by atoms with Gasteiger partial charge in [0.25, 0.3) is 0 Å². The van der Waals surface area contributed by atoms with E-state index in [0.29, 0.717) is 12.4 Å². The van der Waals surface area contributed by atoms with E-state index in [4.69, 9.17) is 9.47 Å². The highest BCUT2D eigenvalue weighted by Crippen LogP contribution is 2.31. The summed E-state index contributed by atoms with van der Waals surface area (Å²) in [6.07, 6.45) is 0.309. The molecule has 1 heterocycles. The maximum absolute atomic E-state index is 9.83. The summed E-state index contributed by atoms with van der Waals surface area (Å²) in [5.41, 5.74) is 2.00. The molecule has 21 heavy (non-hydrogen) atoms. The molecule has 2 aromatic carbocycles. The Labute approximate surface area is 132 Å². The van der Waals surface area contributed by atoms with Gasteiger partial charge in [-0.05, 0) is 36.8 Å². The van der Waals surface area contributed by atoms with Crippen LogP contribution in [0.5, 0.6) is 11.5 Å². The molecule has 0 bridgehead atoms. The van der Waals surface area contributed by atoms with E-state index in [0.717, 1.165) is 22.2 Å². The van der Waals surface area contributed by atoms with Crippen molar-refractivity contribution in [1.29, 1.82) is 0 Å². The van der Waals surface area contributed by atoms with Gasteiger partial charge in [-0.1, -0.05) is 34.1 Å². The molecule has 2 unspecified atom stereocenters. The molecule has 4 heteroatoms. The SMILES string of the molecule is CC(O)c1cc(Br)ccc1OCC1Cc2ccccc2O1. The first-order valence-corrected chi connectivity index (χ1v) is 7.77. The van der Waals surface area contributed by atoms with E-state index in [9.17, 15) is 5.11 Å². The number of halogens is 1. The summed E-state index contributed by atoms with van der Waals surface area (Å²) in [7, 11) is 0. The zero-order valence-electron chi connectivity index (χ0n) is 11.8. The smallest absolute Gasteiger partial charge is 0.137 e. The summed E-state index contributed by atoms with van der Waals surface area (Å²) in [6.45, 7) is 2.20. The number of aliphatic hydroxyl groups is 1. The standard InChI is InChI=1S/C17H17BrO3/c1-11(19)15-9-13(18)6-7-17(15)20-10-14-8-12-4-2-3-5-16(12)21-14/h2-7,9,11,14,19H,8,10H2,1H3. The maximum atomic E-state index is 9.83. The minimum atomic E-state index is -0.570. The number of aliphatic hydroxyl groups excluding tert-OH is 1. The van der Waals surface area contributed by atoms with Crippen molar-refractivity contribution in [3.8, 4) is 11.5 Å². The average Bonchev–Trinajstić information content (AvgIpc) is 2.88. The van der Waals surface area contributed by atoms with Crippen LogP contribution in [0.1, 0.15) is 24.2 Å². The van der Waals surface area contributed by atoms with Crippen LogP contribution in [0.4, 0.5) is 0 Å². The Morgan fingerprint density at radius 2 is 2.14 bits per heavy atom. The summed E-state index contributed by atoms with van der Waals surface area (Å²) in [5.74, 6) is 1.64. The molecule has 110 valence electrons. The predicted molar refractivity (Wildman–Crippen MR) is 84.8 cm³/mol. The molecule has 3 rings (SSSR count). The molecule has 0 saturated carbocycles. The molecule has 1 aliphatic rings. The molecule has 0 aromatic heterocycles.